The summed E-state index contributed by atoms with van der Waals surface area (Å²) in [6, 6.07) is 16.8. The van der Waals surface area contributed by atoms with Crippen LogP contribution in [0.3, 0.4) is 0 Å². The second kappa shape index (κ2) is 16.0. The number of aromatic nitrogens is 2. The lowest BCUT2D eigenvalue weighted by molar-refractivity contribution is 0.302. The van der Waals surface area contributed by atoms with Gasteiger partial charge in [0.1, 0.15) is 5.75 Å². The first-order chi connectivity index (χ1) is 17.7. The summed E-state index contributed by atoms with van der Waals surface area (Å²) in [5, 5.41) is 0. The second-order valence-electron chi connectivity index (χ2n) is 9.82. The van der Waals surface area contributed by atoms with Crippen molar-refractivity contribution in [3.63, 3.8) is 0 Å². The van der Waals surface area contributed by atoms with Crippen LogP contribution in [0.15, 0.2) is 60.9 Å². The van der Waals surface area contributed by atoms with Crippen LogP contribution in [0, 0.1) is 5.92 Å². The largest absolute Gasteiger partial charge is 0.494 e. The van der Waals surface area contributed by atoms with E-state index in [9.17, 15) is 0 Å². The van der Waals surface area contributed by atoms with Crippen LogP contribution in [-0.4, -0.2) is 23.2 Å². The molecule has 1 heterocycles. The van der Waals surface area contributed by atoms with Crippen LogP contribution in [0.25, 0.3) is 22.5 Å². The Morgan fingerprint density at radius 1 is 0.611 bits per heavy atom. The summed E-state index contributed by atoms with van der Waals surface area (Å²) in [6.45, 7) is 8.35. The van der Waals surface area contributed by atoms with Crippen molar-refractivity contribution in [1.82, 2.24) is 9.97 Å². The van der Waals surface area contributed by atoms with Crippen molar-refractivity contribution in [3.05, 3.63) is 60.9 Å². The molecule has 36 heavy (non-hydrogen) atoms. The lowest BCUT2D eigenvalue weighted by Gasteiger charge is -2.09. The predicted octanol–water partition coefficient (Wildman–Crippen LogP) is 9.15. The van der Waals surface area contributed by atoms with E-state index in [-0.39, 0.29) is 0 Å². The smallest absolute Gasteiger partial charge is 0.159 e. The molecule has 1 aromatic heterocycles. The van der Waals surface area contributed by atoms with Gasteiger partial charge in [-0.15, -0.1) is 0 Å². The molecule has 4 heteroatoms. The molecule has 0 bridgehead atoms. The van der Waals surface area contributed by atoms with Gasteiger partial charge < -0.3 is 9.47 Å². The standard InChI is InChI=1S/C32H44N2O2/c1-4-6-7-8-11-23-36-31-24-33-32(34-25-31)29-16-14-27(15-17-29)28-18-20-30(21-19-28)35-22-12-9-10-13-26(3)5-2/h14-21,24-26H,4-13,22-23H2,1-3H3. The monoisotopic (exact) mass is 488 g/mol. The van der Waals surface area contributed by atoms with Gasteiger partial charge >= 0.3 is 0 Å². The van der Waals surface area contributed by atoms with Crippen LogP contribution >= 0.6 is 0 Å². The quantitative estimate of drug-likeness (QED) is 0.178. The van der Waals surface area contributed by atoms with E-state index in [4.69, 9.17) is 9.47 Å². The summed E-state index contributed by atoms with van der Waals surface area (Å²) in [5.41, 5.74) is 3.34. The lowest BCUT2D eigenvalue weighted by Crippen LogP contribution is -1.99. The van der Waals surface area contributed by atoms with Crippen molar-refractivity contribution in [2.24, 2.45) is 5.92 Å². The number of ether oxygens (including phenoxy) is 2. The number of benzene rings is 2. The molecule has 1 unspecified atom stereocenters. The number of hydrogen-bond donors (Lipinski definition) is 0. The van der Waals surface area contributed by atoms with E-state index in [2.05, 4.69) is 79.3 Å². The second-order valence-corrected chi connectivity index (χ2v) is 9.82. The summed E-state index contributed by atoms with van der Waals surface area (Å²) in [7, 11) is 0. The zero-order valence-electron chi connectivity index (χ0n) is 22.5. The van der Waals surface area contributed by atoms with E-state index in [1.165, 1.54) is 62.5 Å². The molecule has 0 saturated carbocycles. The molecule has 0 N–H and O–H groups in total. The molecule has 4 nitrogen and oxygen atoms in total. The Kier molecular flexibility index (Phi) is 12.3. The van der Waals surface area contributed by atoms with Gasteiger partial charge in [0.25, 0.3) is 0 Å². The maximum absolute atomic E-state index is 5.94. The van der Waals surface area contributed by atoms with Gasteiger partial charge in [-0.2, -0.15) is 0 Å². The van der Waals surface area contributed by atoms with Crippen molar-refractivity contribution < 1.29 is 9.47 Å². The number of nitrogens with zero attached hydrogens (tertiary/aromatic N) is 2. The maximum Gasteiger partial charge on any atom is 0.159 e. The number of rotatable bonds is 17. The van der Waals surface area contributed by atoms with E-state index in [0.29, 0.717) is 5.82 Å². The molecule has 0 aliphatic rings. The summed E-state index contributed by atoms with van der Waals surface area (Å²) in [6.07, 6.45) is 15.9. The molecule has 0 radical (unpaired) electrons. The zero-order valence-corrected chi connectivity index (χ0v) is 22.5. The predicted molar refractivity (Wildman–Crippen MR) is 151 cm³/mol. The Labute approximate surface area is 218 Å². The first-order valence-electron chi connectivity index (χ1n) is 14.0. The van der Waals surface area contributed by atoms with E-state index < -0.39 is 0 Å². The van der Waals surface area contributed by atoms with Gasteiger partial charge in [-0.1, -0.05) is 109 Å². The van der Waals surface area contributed by atoms with Crippen LogP contribution in [0.1, 0.15) is 85.0 Å². The van der Waals surface area contributed by atoms with Crippen molar-refractivity contribution in [3.8, 4) is 34.0 Å². The molecule has 0 aliphatic carbocycles. The summed E-state index contributed by atoms with van der Waals surface area (Å²) in [5.74, 6) is 3.23. The number of unbranched alkanes of at least 4 members (excludes halogenated alkanes) is 6. The topological polar surface area (TPSA) is 44.2 Å². The third-order valence-electron chi connectivity index (χ3n) is 6.78. The minimum Gasteiger partial charge on any atom is -0.494 e. The molecule has 0 spiro atoms. The minimum atomic E-state index is 0.713. The van der Waals surface area contributed by atoms with Gasteiger partial charge in [0.15, 0.2) is 11.6 Å². The van der Waals surface area contributed by atoms with Crippen LogP contribution in [0.5, 0.6) is 11.5 Å². The van der Waals surface area contributed by atoms with Crippen LogP contribution in [0.4, 0.5) is 0 Å². The van der Waals surface area contributed by atoms with Crippen molar-refractivity contribution >= 4 is 0 Å². The highest BCUT2D eigenvalue weighted by atomic mass is 16.5. The third kappa shape index (κ3) is 9.64. The lowest BCUT2D eigenvalue weighted by atomic mass is 10.0. The SMILES string of the molecule is CCCCCCCOc1cnc(-c2ccc(-c3ccc(OCCCCCC(C)CC)cc3)cc2)nc1. The van der Waals surface area contributed by atoms with Gasteiger partial charge in [-0.05, 0) is 42.0 Å². The van der Waals surface area contributed by atoms with Crippen LogP contribution in [-0.2, 0) is 0 Å². The molecule has 3 rings (SSSR count). The Morgan fingerprint density at radius 2 is 1.14 bits per heavy atom. The molecule has 3 aromatic rings. The molecular weight excluding hydrogens is 444 g/mol. The normalized spacial score (nSPS) is 11.9. The molecule has 0 amide bonds. The summed E-state index contributed by atoms with van der Waals surface area (Å²) < 4.78 is 11.7. The van der Waals surface area contributed by atoms with E-state index >= 15 is 0 Å². The average molecular weight is 489 g/mol. The van der Waals surface area contributed by atoms with E-state index in [1.807, 2.05) is 0 Å². The van der Waals surface area contributed by atoms with Crippen molar-refractivity contribution in [1.29, 1.82) is 0 Å². The fourth-order valence-corrected chi connectivity index (χ4v) is 4.16. The molecule has 194 valence electrons. The fourth-order valence-electron chi connectivity index (χ4n) is 4.16. The Hall–Kier alpha value is -2.88. The van der Waals surface area contributed by atoms with E-state index in [1.54, 1.807) is 12.4 Å². The molecule has 1 atom stereocenters. The van der Waals surface area contributed by atoms with Gasteiger partial charge in [0.05, 0.1) is 25.6 Å². The first-order valence-corrected chi connectivity index (χ1v) is 14.0. The highest BCUT2D eigenvalue weighted by molar-refractivity contribution is 5.68. The summed E-state index contributed by atoms with van der Waals surface area (Å²) >= 11 is 0. The zero-order chi connectivity index (χ0) is 25.4. The fraction of sp³-hybridized carbons (Fsp3) is 0.500. The van der Waals surface area contributed by atoms with Gasteiger partial charge in [0.2, 0.25) is 0 Å². The Bertz CT molecular complexity index is 969. The van der Waals surface area contributed by atoms with Crippen LogP contribution in [0.2, 0.25) is 0 Å². The average Bonchev–Trinajstić information content (AvgIpc) is 2.93. The Balaban J connectivity index is 1.42. The Morgan fingerprint density at radius 3 is 1.75 bits per heavy atom. The minimum absolute atomic E-state index is 0.713. The van der Waals surface area contributed by atoms with Gasteiger partial charge in [-0.25, -0.2) is 9.97 Å². The molecule has 0 fully saturated rings. The highest BCUT2D eigenvalue weighted by Crippen LogP contribution is 2.25. The molecule has 0 aliphatic heterocycles. The number of hydrogen-bond acceptors (Lipinski definition) is 4. The maximum atomic E-state index is 5.94. The third-order valence-corrected chi connectivity index (χ3v) is 6.78. The highest BCUT2D eigenvalue weighted by Gasteiger charge is 2.05. The molecule has 2 aromatic carbocycles. The van der Waals surface area contributed by atoms with E-state index in [0.717, 1.165) is 49.0 Å². The molecule has 0 saturated heterocycles. The van der Waals surface area contributed by atoms with Crippen molar-refractivity contribution in [2.45, 2.75) is 85.0 Å². The van der Waals surface area contributed by atoms with Gasteiger partial charge in [-0.3, -0.25) is 0 Å². The summed E-state index contributed by atoms with van der Waals surface area (Å²) in [4.78, 5) is 9.00. The van der Waals surface area contributed by atoms with Crippen LogP contribution < -0.4 is 9.47 Å². The molecular formula is C32H44N2O2. The van der Waals surface area contributed by atoms with Crippen molar-refractivity contribution in [2.75, 3.05) is 13.2 Å². The van der Waals surface area contributed by atoms with Gasteiger partial charge in [0, 0.05) is 5.56 Å². The first kappa shape index (κ1) is 27.7.